The van der Waals surface area contributed by atoms with Crippen molar-refractivity contribution in [3.63, 3.8) is 0 Å². The lowest BCUT2D eigenvalue weighted by atomic mass is 10.2. The molecule has 1 aliphatic rings. The van der Waals surface area contributed by atoms with Gasteiger partial charge in [0, 0.05) is 4.90 Å². The van der Waals surface area contributed by atoms with E-state index in [0.717, 1.165) is 17.1 Å². The normalized spacial score (nSPS) is 12.6. The molecule has 0 aliphatic carbocycles. The zero-order chi connectivity index (χ0) is 12.5. The average Bonchev–Trinajstić information content (AvgIpc) is 2.36. The number of fused-ring (bicyclic) bond motifs is 2. The van der Waals surface area contributed by atoms with Crippen molar-refractivity contribution >= 4 is 23.1 Å². The molecule has 0 saturated heterocycles. The first-order valence-electron chi connectivity index (χ1n) is 6.07. The Balaban J connectivity index is 2.02. The van der Waals surface area contributed by atoms with Gasteiger partial charge in [0.05, 0.1) is 22.4 Å². The van der Waals surface area contributed by atoms with Crippen molar-refractivity contribution in [3.05, 3.63) is 42.5 Å². The van der Waals surface area contributed by atoms with E-state index in [4.69, 9.17) is 4.74 Å². The summed E-state index contributed by atoms with van der Waals surface area (Å²) in [4.78, 5) is 2.41. The molecule has 3 heteroatoms. The summed E-state index contributed by atoms with van der Waals surface area (Å²) in [6, 6.07) is 14.5. The fraction of sp³-hybridized carbons (Fsp3) is 0.200. The van der Waals surface area contributed by atoms with Crippen LogP contribution in [0.3, 0.4) is 0 Å². The van der Waals surface area contributed by atoms with Crippen LogP contribution in [-0.2, 0) is 0 Å². The summed E-state index contributed by atoms with van der Waals surface area (Å²) in [5.41, 5.74) is 2.29. The van der Waals surface area contributed by atoms with Gasteiger partial charge in [0.2, 0.25) is 0 Å². The molecule has 2 aromatic carbocycles. The zero-order valence-corrected chi connectivity index (χ0v) is 11.3. The molecule has 0 unspecified atom stereocenters. The van der Waals surface area contributed by atoms with Crippen LogP contribution in [0.25, 0.3) is 0 Å². The van der Waals surface area contributed by atoms with Crippen LogP contribution in [0.15, 0.2) is 52.3 Å². The fourth-order valence-electron chi connectivity index (χ4n) is 1.98. The van der Waals surface area contributed by atoms with E-state index < -0.39 is 0 Å². The fourth-order valence-corrected chi connectivity index (χ4v) is 3.02. The van der Waals surface area contributed by atoms with Crippen molar-refractivity contribution in [2.45, 2.75) is 29.7 Å². The van der Waals surface area contributed by atoms with E-state index in [9.17, 15) is 0 Å². The van der Waals surface area contributed by atoms with E-state index in [-0.39, 0.29) is 6.10 Å². The summed E-state index contributed by atoms with van der Waals surface area (Å²) in [6.45, 7) is 4.10. The van der Waals surface area contributed by atoms with Gasteiger partial charge in [-0.1, -0.05) is 30.0 Å². The van der Waals surface area contributed by atoms with Gasteiger partial charge in [-0.05, 0) is 38.1 Å². The largest absolute Gasteiger partial charge is 0.490 e. The van der Waals surface area contributed by atoms with Gasteiger partial charge in [-0.15, -0.1) is 0 Å². The number of rotatable bonds is 2. The highest BCUT2D eigenvalue weighted by Gasteiger charge is 2.19. The Morgan fingerprint density at radius 1 is 1.00 bits per heavy atom. The van der Waals surface area contributed by atoms with Crippen molar-refractivity contribution in [1.29, 1.82) is 0 Å². The second-order valence-electron chi connectivity index (χ2n) is 4.52. The lowest BCUT2D eigenvalue weighted by Crippen LogP contribution is -2.08. The number of hydrogen-bond acceptors (Lipinski definition) is 3. The molecular formula is C15H15NOS. The molecular weight excluding hydrogens is 242 g/mol. The molecule has 0 aromatic heterocycles. The lowest BCUT2D eigenvalue weighted by molar-refractivity contribution is 0.237. The summed E-state index contributed by atoms with van der Waals surface area (Å²) < 4.78 is 5.87. The SMILES string of the molecule is CC(C)Oc1cccc2c1Sc1ccccc1N2. The highest BCUT2D eigenvalue weighted by molar-refractivity contribution is 7.99. The summed E-state index contributed by atoms with van der Waals surface area (Å²) in [7, 11) is 0. The Morgan fingerprint density at radius 2 is 1.78 bits per heavy atom. The molecule has 0 bridgehead atoms. The number of ether oxygens (including phenoxy) is 1. The van der Waals surface area contributed by atoms with Crippen LogP contribution >= 0.6 is 11.8 Å². The van der Waals surface area contributed by atoms with E-state index in [1.54, 1.807) is 11.8 Å². The number of hydrogen-bond donors (Lipinski definition) is 1. The van der Waals surface area contributed by atoms with Gasteiger partial charge in [0.25, 0.3) is 0 Å². The summed E-state index contributed by atoms with van der Waals surface area (Å²) in [5.74, 6) is 0.953. The number of nitrogens with one attached hydrogen (secondary N) is 1. The maximum atomic E-state index is 5.87. The average molecular weight is 257 g/mol. The highest BCUT2D eigenvalue weighted by atomic mass is 32.2. The molecule has 0 fully saturated rings. The predicted molar refractivity (Wildman–Crippen MR) is 76.1 cm³/mol. The van der Waals surface area contributed by atoms with Gasteiger partial charge in [-0.25, -0.2) is 0 Å². The Kier molecular flexibility index (Phi) is 2.92. The van der Waals surface area contributed by atoms with Crippen LogP contribution < -0.4 is 10.1 Å². The zero-order valence-electron chi connectivity index (χ0n) is 10.4. The maximum absolute atomic E-state index is 5.87. The molecule has 2 nitrogen and oxygen atoms in total. The standard InChI is InChI=1S/C15H15NOS/c1-10(2)17-13-8-5-7-12-15(13)18-14-9-4-3-6-11(14)16-12/h3-10,16H,1-2H3. The van der Waals surface area contributed by atoms with Crippen molar-refractivity contribution in [3.8, 4) is 5.75 Å². The smallest absolute Gasteiger partial charge is 0.135 e. The first kappa shape index (κ1) is 11.5. The van der Waals surface area contributed by atoms with E-state index in [2.05, 4.69) is 29.6 Å². The van der Waals surface area contributed by atoms with Crippen LogP contribution in [0.2, 0.25) is 0 Å². The molecule has 0 radical (unpaired) electrons. The van der Waals surface area contributed by atoms with Crippen LogP contribution in [0.4, 0.5) is 11.4 Å². The first-order chi connectivity index (χ1) is 8.74. The monoisotopic (exact) mass is 257 g/mol. The molecule has 0 amide bonds. The number of para-hydroxylation sites is 1. The van der Waals surface area contributed by atoms with Gasteiger partial charge in [-0.3, -0.25) is 0 Å². The maximum Gasteiger partial charge on any atom is 0.135 e. The minimum Gasteiger partial charge on any atom is -0.490 e. The van der Waals surface area contributed by atoms with Gasteiger partial charge in [-0.2, -0.15) is 0 Å². The third-order valence-electron chi connectivity index (χ3n) is 2.71. The molecule has 0 atom stereocenters. The van der Waals surface area contributed by atoms with Crippen molar-refractivity contribution in [1.82, 2.24) is 0 Å². The molecule has 0 spiro atoms. The predicted octanol–water partition coefficient (Wildman–Crippen LogP) is 4.68. The van der Waals surface area contributed by atoms with E-state index in [1.807, 2.05) is 32.0 Å². The second-order valence-corrected chi connectivity index (χ2v) is 5.57. The molecule has 3 rings (SSSR count). The van der Waals surface area contributed by atoms with Crippen molar-refractivity contribution < 1.29 is 4.74 Å². The summed E-state index contributed by atoms with van der Waals surface area (Å²) in [5, 5.41) is 3.45. The number of anilines is 2. The Hall–Kier alpha value is -1.61. The van der Waals surface area contributed by atoms with Gasteiger partial charge < -0.3 is 10.1 Å². The molecule has 1 heterocycles. The minimum absolute atomic E-state index is 0.189. The quantitative estimate of drug-likeness (QED) is 0.720. The van der Waals surface area contributed by atoms with Gasteiger partial charge in [0.15, 0.2) is 0 Å². The topological polar surface area (TPSA) is 21.3 Å². The molecule has 1 N–H and O–H groups in total. The van der Waals surface area contributed by atoms with Crippen LogP contribution in [0.1, 0.15) is 13.8 Å². The minimum atomic E-state index is 0.189. The van der Waals surface area contributed by atoms with Crippen LogP contribution in [0, 0.1) is 0 Å². The lowest BCUT2D eigenvalue weighted by Gasteiger charge is -2.23. The summed E-state index contributed by atoms with van der Waals surface area (Å²) >= 11 is 1.76. The van der Waals surface area contributed by atoms with Crippen molar-refractivity contribution in [2.75, 3.05) is 5.32 Å². The molecule has 92 valence electrons. The summed E-state index contributed by atoms with van der Waals surface area (Å²) in [6.07, 6.45) is 0.189. The number of benzene rings is 2. The second kappa shape index (κ2) is 4.58. The Morgan fingerprint density at radius 3 is 2.61 bits per heavy atom. The molecule has 2 aromatic rings. The third kappa shape index (κ3) is 2.06. The molecule has 1 aliphatic heterocycles. The van der Waals surface area contributed by atoms with Crippen LogP contribution in [-0.4, -0.2) is 6.10 Å². The first-order valence-corrected chi connectivity index (χ1v) is 6.89. The van der Waals surface area contributed by atoms with Gasteiger partial charge >= 0.3 is 0 Å². The van der Waals surface area contributed by atoms with E-state index in [0.29, 0.717) is 0 Å². The van der Waals surface area contributed by atoms with Gasteiger partial charge in [0.1, 0.15) is 5.75 Å². The Bertz CT molecular complexity index is 580. The third-order valence-corrected chi connectivity index (χ3v) is 3.91. The Labute approximate surface area is 111 Å². The van der Waals surface area contributed by atoms with Crippen LogP contribution in [0.5, 0.6) is 5.75 Å². The highest BCUT2D eigenvalue weighted by Crippen LogP contribution is 2.48. The van der Waals surface area contributed by atoms with Crippen molar-refractivity contribution in [2.24, 2.45) is 0 Å². The van der Waals surface area contributed by atoms with E-state index >= 15 is 0 Å². The molecule has 18 heavy (non-hydrogen) atoms. The molecule has 0 saturated carbocycles. The van der Waals surface area contributed by atoms with E-state index in [1.165, 1.54) is 9.79 Å².